The first-order valence-corrected chi connectivity index (χ1v) is 6.71. The summed E-state index contributed by atoms with van der Waals surface area (Å²) in [4.78, 5) is 0. The SMILES string of the molecule is C=CCN.C=CCN.O=S(=O)(O)OOS(=O)(=O)O. The molecule has 110 valence electrons. The molecule has 0 amide bonds. The predicted octanol–water partition coefficient (Wildman–Crippen LogP) is -1.20. The zero-order valence-electron chi connectivity index (χ0n) is 9.30. The quantitative estimate of drug-likeness (QED) is 0.208. The fourth-order valence-corrected chi connectivity index (χ4v) is 0.632. The molecule has 0 atom stereocenters. The lowest BCUT2D eigenvalue weighted by molar-refractivity contribution is -0.105. The van der Waals surface area contributed by atoms with Gasteiger partial charge in [0.05, 0.1) is 0 Å². The molecule has 0 heterocycles. The molecule has 12 heteroatoms. The first kappa shape index (κ1) is 22.3. The third-order valence-corrected chi connectivity index (χ3v) is 1.10. The van der Waals surface area contributed by atoms with Crippen molar-refractivity contribution in [2.24, 2.45) is 11.5 Å². The highest BCUT2D eigenvalue weighted by molar-refractivity contribution is 7.83. The van der Waals surface area contributed by atoms with Crippen molar-refractivity contribution in [3.63, 3.8) is 0 Å². The van der Waals surface area contributed by atoms with Gasteiger partial charge < -0.3 is 11.5 Å². The van der Waals surface area contributed by atoms with Crippen LogP contribution < -0.4 is 11.5 Å². The summed E-state index contributed by atoms with van der Waals surface area (Å²) in [6.45, 7) is 7.87. The van der Waals surface area contributed by atoms with E-state index in [0.29, 0.717) is 13.1 Å². The lowest BCUT2D eigenvalue weighted by Gasteiger charge is -1.92. The van der Waals surface area contributed by atoms with Crippen molar-refractivity contribution in [1.82, 2.24) is 0 Å². The minimum atomic E-state index is -5.02. The van der Waals surface area contributed by atoms with Crippen molar-refractivity contribution < 1.29 is 34.6 Å². The highest BCUT2D eigenvalue weighted by Crippen LogP contribution is 1.92. The van der Waals surface area contributed by atoms with Crippen molar-refractivity contribution in [1.29, 1.82) is 0 Å². The number of nitrogens with two attached hydrogens (primary N) is 2. The van der Waals surface area contributed by atoms with Gasteiger partial charge in [0.25, 0.3) is 0 Å². The van der Waals surface area contributed by atoms with Gasteiger partial charge in [-0.1, -0.05) is 20.8 Å². The topological polar surface area (TPSA) is 179 Å². The van der Waals surface area contributed by atoms with Crippen LogP contribution in [0, 0.1) is 0 Å². The Morgan fingerprint density at radius 2 is 1.06 bits per heavy atom. The standard InChI is InChI=1S/2C3H7N.H2O8S2/c2*1-2-3-4;1-9(2,3)7-8-10(4,5)6/h2*2H,1,3-4H2;(H,1,2,3)(H,4,5,6). The molecule has 0 aromatic heterocycles. The van der Waals surface area contributed by atoms with E-state index >= 15 is 0 Å². The van der Waals surface area contributed by atoms with Gasteiger partial charge >= 0.3 is 20.8 Å². The predicted molar refractivity (Wildman–Crippen MR) is 63.8 cm³/mol. The molecule has 0 saturated heterocycles. The number of hydrogen-bond donors (Lipinski definition) is 4. The molecule has 6 N–H and O–H groups in total. The van der Waals surface area contributed by atoms with Gasteiger partial charge in [0, 0.05) is 13.1 Å². The van der Waals surface area contributed by atoms with E-state index in [1.807, 2.05) is 0 Å². The van der Waals surface area contributed by atoms with Gasteiger partial charge in [-0.25, -0.2) is 0 Å². The van der Waals surface area contributed by atoms with E-state index in [1.54, 1.807) is 12.2 Å². The minimum absolute atomic E-state index is 0.583. The van der Waals surface area contributed by atoms with Crippen LogP contribution in [-0.2, 0) is 29.5 Å². The van der Waals surface area contributed by atoms with Gasteiger partial charge in [0.1, 0.15) is 0 Å². The molecule has 0 bridgehead atoms. The van der Waals surface area contributed by atoms with Crippen LogP contribution in [0.4, 0.5) is 0 Å². The molecule has 0 aliphatic heterocycles. The summed E-state index contributed by atoms with van der Waals surface area (Å²) in [5.41, 5.74) is 9.82. The second kappa shape index (κ2) is 12.6. The Morgan fingerprint density at radius 1 is 0.889 bits per heavy atom. The Hall–Kier alpha value is -0.860. The molecule has 0 rings (SSSR count). The number of hydrogen-bond acceptors (Lipinski definition) is 8. The summed E-state index contributed by atoms with van der Waals surface area (Å²) in [7, 11) is -10.0. The Balaban J connectivity index is -0.000000233. The van der Waals surface area contributed by atoms with Crippen molar-refractivity contribution in [3.05, 3.63) is 25.3 Å². The lowest BCUT2D eigenvalue weighted by atomic mass is 10.7. The molecule has 0 aromatic carbocycles. The first-order valence-electron chi connectivity index (χ1n) is 3.98. The van der Waals surface area contributed by atoms with Crippen LogP contribution in [0.15, 0.2) is 25.3 Å². The average Bonchev–Trinajstić information content (AvgIpc) is 2.25. The van der Waals surface area contributed by atoms with Crippen molar-refractivity contribution in [3.8, 4) is 0 Å². The van der Waals surface area contributed by atoms with Crippen molar-refractivity contribution >= 4 is 20.8 Å². The van der Waals surface area contributed by atoms with Gasteiger partial charge in [-0.3, -0.25) is 9.11 Å². The summed E-state index contributed by atoms with van der Waals surface area (Å²) in [5.74, 6) is 0. The normalized spacial score (nSPS) is 10.2. The summed E-state index contributed by atoms with van der Waals surface area (Å²) in [6, 6.07) is 0. The van der Waals surface area contributed by atoms with Gasteiger partial charge in [-0.2, -0.15) is 16.8 Å². The second-order valence-electron chi connectivity index (χ2n) is 2.04. The van der Waals surface area contributed by atoms with Crippen LogP contribution in [0.2, 0.25) is 0 Å². The zero-order valence-corrected chi connectivity index (χ0v) is 10.9. The fourth-order valence-electron chi connectivity index (χ4n) is 0.0702. The molecule has 0 saturated carbocycles. The molecule has 0 fully saturated rings. The molecule has 0 aliphatic rings. The second-order valence-corrected chi connectivity index (χ2v) is 4.02. The van der Waals surface area contributed by atoms with E-state index in [1.165, 1.54) is 0 Å². The van der Waals surface area contributed by atoms with Gasteiger partial charge in [-0.05, 0) is 0 Å². The maximum Gasteiger partial charge on any atom is 0.425 e. The zero-order chi connectivity index (χ0) is 15.2. The minimum Gasteiger partial charge on any atom is -0.327 e. The van der Waals surface area contributed by atoms with Gasteiger partial charge in [0.2, 0.25) is 0 Å². The Morgan fingerprint density at radius 3 is 1.11 bits per heavy atom. The van der Waals surface area contributed by atoms with Gasteiger partial charge in [-0.15, -0.1) is 13.2 Å². The van der Waals surface area contributed by atoms with E-state index in [4.69, 9.17) is 20.6 Å². The molecule has 18 heavy (non-hydrogen) atoms. The maximum atomic E-state index is 9.51. The molecular weight excluding hydrogens is 292 g/mol. The lowest BCUT2D eigenvalue weighted by Crippen LogP contribution is -2.10. The third kappa shape index (κ3) is 45.7. The van der Waals surface area contributed by atoms with Crippen LogP contribution in [0.1, 0.15) is 0 Å². The van der Waals surface area contributed by atoms with E-state index in [0.717, 1.165) is 0 Å². The van der Waals surface area contributed by atoms with E-state index in [2.05, 4.69) is 21.8 Å². The fraction of sp³-hybridized carbons (Fsp3) is 0.333. The monoisotopic (exact) mass is 308 g/mol. The van der Waals surface area contributed by atoms with E-state index in [9.17, 15) is 16.8 Å². The Kier molecular flexibility index (Phi) is 15.6. The van der Waals surface area contributed by atoms with Crippen molar-refractivity contribution in [2.75, 3.05) is 13.1 Å². The summed E-state index contributed by atoms with van der Waals surface area (Å²) in [6.07, 6.45) is 3.31. The van der Waals surface area contributed by atoms with Gasteiger partial charge in [0.15, 0.2) is 0 Å². The Bertz CT molecular complexity index is 361. The van der Waals surface area contributed by atoms with E-state index < -0.39 is 20.8 Å². The molecule has 0 aliphatic carbocycles. The van der Waals surface area contributed by atoms with E-state index in [-0.39, 0.29) is 0 Å². The smallest absolute Gasteiger partial charge is 0.327 e. The van der Waals surface area contributed by atoms with Crippen LogP contribution >= 0.6 is 0 Å². The summed E-state index contributed by atoms with van der Waals surface area (Å²) >= 11 is 0. The molecule has 0 unspecified atom stereocenters. The first-order chi connectivity index (χ1) is 8.04. The largest absolute Gasteiger partial charge is 0.425 e. The average molecular weight is 308 g/mol. The third-order valence-electron chi connectivity index (χ3n) is 0.533. The van der Waals surface area contributed by atoms with Crippen LogP contribution in [0.25, 0.3) is 0 Å². The summed E-state index contributed by atoms with van der Waals surface area (Å²) in [5, 5.41) is 0. The van der Waals surface area contributed by atoms with Crippen LogP contribution in [-0.4, -0.2) is 39.0 Å². The van der Waals surface area contributed by atoms with Crippen molar-refractivity contribution in [2.45, 2.75) is 0 Å². The molecule has 0 radical (unpaired) electrons. The summed E-state index contributed by atoms with van der Waals surface area (Å²) < 4.78 is 58.9. The maximum absolute atomic E-state index is 9.51. The highest BCUT2D eigenvalue weighted by atomic mass is 32.3. The molecule has 0 aromatic rings. The number of rotatable bonds is 5. The molecule has 0 spiro atoms. The molecular formula is C6H16N2O8S2. The highest BCUT2D eigenvalue weighted by Gasteiger charge is 2.13. The van der Waals surface area contributed by atoms with Crippen LogP contribution in [0.3, 0.4) is 0 Å². The Labute approximate surface area is 106 Å². The van der Waals surface area contributed by atoms with Crippen LogP contribution in [0.5, 0.6) is 0 Å². The molecule has 10 nitrogen and oxygen atoms in total.